The average molecular weight is 643 g/mol. The fourth-order valence-electron chi connectivity index (χ4n) is 4.29. The fraction of sp³-hybridized carbons (Fsp3) is 0.188. The van der Waals surface area contributed by atoms with Gasteiger partial charge in [-0.3, -0.25) is 14.5 Å². The molecule has 224 valence electrons. The summed E-state index contributed by atoms with van der Waals surface area (Å²) in [6, 6.07) is 22.8. The van der Waals surface area contributed by atoms with Gasteiger partial charge in [0.1, 0.15) is 23.0 Å². The molecule has 4 rings (SSSR count). The zero-order chi connectivity index (χ0) is 31.0. The highest BCUT2D eigenvalue weighted by Crippen LogP contribution is 2.46. The van der Waals surface area contributed by atoms with Crippen molar-refractivity contribution >= 4 is 42.6 Å². The lowest BCUT2D eigenvalue weighted by Gasteiger charge is -2.16. The van der Waals surface area contributed by atoms with E-state index >= 15 is 0 Å². The van der Waals surface area contributed by atoms with Crippen LogP contribution in [0.5, 0.6) is 23.0 Å². The van der Waals surface area contributed by atoms with Crippen molar-refractivity contribution in [1.29, 1.82) is 0 Å². The number of methoxy groups -OCH3 is 2. The van der Waals surface area contributed by atoms with E-state index in [2.05, 4.69) is 0 Å². The SMILES string of the molecule is COc1cc(OP(=O)(O)Oc2ccc(C(=O)CCc3ccc(Cl)cc3)c(OC)c2)ccc1C(=O)CCc1ccc(Cl)cc1. The molecule has 0 bridgehead atoms. The molecule has 43 heavy (non-hydrogen) atoms. The molecule has 0 saturated heterocycles. The van der Waals surface area contributed by atoms with Gasteiger partial charge in [0.25, 0.3) is 0 Å². The lowest BCUT2D eigenvalue weighted by molar-refractivity contribution is 0.0971. The number of ketones is 2. The summed E-state index contributed by atoms with van der Waals surface area (Å²) < 4.78 is 34.0. The Morgan fingerprint density at radius 3 is 1.37 bits per heavy atom. The predicted molar refractivity (Wildman–Crippen MR) is 165 cm³/mol. The van der Waals surface area contributed by atoms with E-state index in [9.17, 15) is 19.0 Å². The van der Waals surface area contributed by atoms with Gasteiger partial charge >= 0.3 is 7.82 Å². The summed E-state index contributed by atoms with van der Waals surface area (Å²) >= 11 is 11.8. The normalized spacial score (nSPS) is 11.1. The van der Waals surface area contributed by atoms with Crippen LogP contribution in [0.2, 0.25) is 10.0 Å². The van der Waals surface area contributed by atoms with E-state index in [0.717, 1.165) is 11.1 Å². The van der Waals surface area contributed by atoms with Crippen LogP contribution in [0, 0.1) is 0 Å². The average Bonchev–Trinajstić information content (AvgIpc) is 2.99. The molecular weight excluding hydrogens is 614 g/mol. The Labute approximate surface area is 259 Å². The van der Waals surface area contributed by atoms with Crippen molar-refractivity contribution in [2.24, 2.45) is 0 Å². The van der Waals surface area contributed by atoms with Gasteiger partial charge in [0.05, 0.1) is 25.3 Å². The molecule has 0 unspecified atom stereocenters. The summed E-state index contributed by atoms with van der Waals surface area (Å²) in [5.41, 5.74) is 2.53. The van der Waals surface area contributed by atoms with Gasteiger partial charge in [-0.15, -0.1) is 0 Å². The Morgan fingerprint density at radius 1 is 0.651 bits per heavy atom. The van der Waals surface area contributed by atoms with Crippen LogP contribution in [0.4, 0.5) is 0 Å². The highest BCUT2D eigenvalue weighted by Gasteiger charge is 2.27. The third-order valence-electron chi connectivity index (χ3n) is 6.50. The topological polar surface area (TPSA) is 108 Å². The Kier molecular flexibility index (Phi) is 10.9. The van der Waals surface area contributed by atoms with Crippen LogP contribution in [0.3, 0.4) is 0 Å². The summed E-state index contributed by atoms with van der Waals surface area (Å²) in [5, 5.41) is 1.23. The number of aryl methyl sites for hydroxylation is 2. The number of carbonyl (C=O) groups is 2. The van der Waals surface area contributed by atoms with Crippen molar-refractivity contribution < 1.29 is 37.6 Å². The minimum Gasteiger partial charge on any atom is -0.496 e. The minimum absolute atomic E-state index is 0.0436. The standard InChI is InChI=1S/C32H29Cl2O8P/c1-39-31-19-25(13-15-27(31)29(35)17-7-21-3-9-23(33)10-4-21)41-43(37,38)42-26-14-16-28(32(20-26)40-2)30(36)18-8-22-5-11-24(34)12-6-22/h3-6,9-16,19-20H,7-8,17-18H2,1-2H3,(H,37,38). The first kappa shape index (κ1) is 32.1. The molecule has 0 saturated carbocycles. The van der Waals surface area contributed by atoms with E-state index in [-0.39, 0.29) is 47.4 Å². The van der Waals surface area contributed by atoms with Gasteiger partial charge < -0.3 is 18.5 Å². The summed E-state index contributed by atoms with van der Waals surface area (Å²) in [4.78, 5) is 36.1. The second-order valence-electron chi connectivity index (χ2n) is 9.47. The molecule has 0 aliphatic heterocycles. The number of hydrogen-bond donors (Lipinski definition) is 1. The van der Waals surface area contributed by atoms with Gasteiger partial charge in [0, 0.05) is 35.0 Å². The highest BCUT2D eigenvalue weighted by molar-refractivity contribution is 7.48. The lowest BCUT2D eigenvalue weighted by atomic mass is 10.0. The second kappa shape index (κ2) is 14.6. The molecular formula is C32H29Cl2O8P. The largest absolute Gasteiger partial charge is 0.584 e. The third-order valence-corrected chi connectivity index (χ3v) is 7.88. The predicted octanol–water partition coefficient (Wildman–Crippen LogP) is 8.20. The van der Waals surface area contributed by atoms with Crippen LogP contribution in [0.15, 0.2) is 84.9 Å². The minimum atomic E-state index is -4.69. The molecule has 0 heterocycles. The summed E-state index contributed by atoms with van der Waals surface area (Å²) in [7, 11) is -1.92. The first-order valence-electron chi connectivity index (χ1n) is 13.2. The van der Waals surface area contributed by atoms with Crippen molar-refractivity contribution in [1.82, 2.24) is 0 Å². The van der Waals surface area contributed by atoms with Crippen molar-refractivity contribution in [2.75, 3.05) is 14.2 Å². The van der Waals surface area contributed by atoms with Crippen LogP contribution in [-0.2, 0) is 17.4 Å². The molecule has 0 spiro atoms. The molecule has 0 aliphatic rings. The van der Waals surface area contributed by atoms with E-state index < -0.39 is 7.82 Å². The third kappa shape index (κ3) is 9.09. The maximum Gasteiger partial charge on any atom is 0.584 e. The van der Waals surface area contributed by atoms with E-state index in [1.807, 2.05) is 24.3 Å². The maximum absolute atomic E-state index is 12.8. The Morgan fingerprint density at radius 2 is 1.02 bits per heavy atom. The molecule has 0 amide bonds. The quantitative estimate of drug-likeness (QED) is 0.108. The number of phosphoric ester groups is 1. The van der Waals surface area contributed by atoms with E-state index in [1.165, 1.54) is 50.6 Å². The molecule has 0 aromatic heterocycles. The molecule has 1 N–H and O–H groups in total. The first-order valence-corrected chi connectivity index (χ1v) is 15.5. The van der Waals surface area contributed by atoms with E-state index in [1.54, 1.807) is 24.3 Å². The molecule has 11 heteroatoms. The van der Waals surface area contributed by atoms with Crippen LogP contribution >= 0.6 is 31.0 Å². The number of Topliss-reactive ketones (excluding diaryl/α,β-unsaturated/α-hetero) is 2. The van der Waals surface area contributed by atoms with Gasteiger partial charge in [0.2, 0.25) is 0 Å². The van der Waals surface area contributed by atoms with E-state index in [4.69, 9.17) is 41.7 Å². The highest BCUT2D eigenvalue weighted by atomic mass is 35.5. The van der Waals surface area contributed by atoms with Gasteiger partial charge in [-0.05, 0) is 72.5 Å². The Bertz CT molecular complexity index is 1520. The zero-order valence-electron chi connectivity index (χ0n) is 23.4. The zero-order valence-corrected chi connectivity index (χ0v) is 25.8. The fourth-order valence-corrected chi connectivity index (χ4v) is 5.34. The molecule has 0 radical (unpaired) electrons. The van der Waals surface area contributed by atoms with Crippen LogP contribution in [-0.4, -0.2) is 30.7 Å². The molecule has 0 fully saturated rings. The second-order valence-corrected chi connectivity index (χ2v) is 11.6. The van der Waals surface area contributed by atoms with Gasteiger partial charge in [-0.2, -0.15) is 0 Å². The molecule has 0 atom stereocenters. The summed E-state index contributed by atoms with van der Waals surface area (Å²) in [6.45, 7) is 0. The van der Waals surface area contributed by atoms with Crippen LogP contribution in [0.25, 0.3) is 0 Å². The lowest BCUT2D eigenvalue weighted by Crippen LogP contribution is -2.06. The van der Waals surface area contributed by atoms with Gasteiger partial charge in [0.15, 0.2) is 11.6 Å². The molecule has 0 aliphatic carbocycles. The van der Waals surface area contributed by atoms with Gasteiger partial charge in [-0.25, -0.2) is 4.57 Å². The Balaban J connectivity index is 1.39. The number of ether oxygens (including phenoxy) is 2. The first-order chi connectivity index (χ1) is 20.6. The monoisotopic (exact) mass is 642 g/mol. The number of phosphoric acid groups is 1. The number of hydrogen-bond acceptors (Lipinski definition) is 7. The molecule has 8 nitrogen and oxygen atoms in total. The van der Waals surface area contributed by atoms with Crippen molar-refractivity contribution in [3.8, 4) is 23.0 Å². The summed E-state index contributed by atoms with van der Waals surface area (Å²) in [5.74, 6) is -0.0624. The van der Waals surface area contributed by atoms with E-state index in [0.29, 0.717) is 34.0 Å². The molecule has 4 aromatic carbocycles. The number of halogens is 2. The number of benzene rings is 4. The summed E-state index contributed by atoms with van der Waals surface area (Å²) in [6.07, 6.45) is 1.46. The van der Waals surface area contributed by atoms with Crippen molar-refractivity contribution in [3.05, 3.63) is 117 Å². The van der Waals surface area contributed by atoms with Gasteiger partial charge in [-0.1, -0.05) is 47.5 Å². The number of rotatable bonds is 14. The van der Waals surface area contributed by atoms with Crippen LogP contribution < -0.4 is 18.5 Å². The molecule has 4 aromatic rings. The van der Waals surface area contributed by atoms with Crippen molar-refractivity contribution in [2.45, 2.75) is 25.7 Å². The Hall–Kier alpha value is -3.81. The number of carbonyl (C=O) groups excluding carboxylic acids is 2. The maximum atomic E-state index is 12.8. The van der Waals surface area contributed by atoms with Crippen LogP contribution in [0.1, 0.15) is 44.7 Å². The smallest absolute Gasteiger partial charge is 0.496 e. The van der Waals surface area contributed by atoms with Crippen molar-refractivity contribution in [3.63, 3.8) is 0 Å².